The Morgan fingerprint density at radius 2 is 1.55 bits per heavy atom. The van der Waals surface area contributed by atoms with E-state index in [0.29, 0.717) is 17.4 Å². The van der Waals surface area contributed by atoms with Crippen LogP contribution >= 0.6 is 0 Å². The lowest BCUT2D eigenvalue weighted by Gasteiger charge is -2.16. The van der Waals surface area contributed by atoms with Crippen LogP contribution in [-0.2, 0) is 6.54 Å². The van der Waals surface area contributed by atoms with Gasteiger partial charge in [-0.1, -0.05) is 42.5 Å². The van der Waals surface area contributed by atoms with Crippen molar-refractivity contribution in [2.75, 3.05) is 0 Å². The minimum absolute atomic E-state index is 0.174. The molecule has 1 aromatic heterocycles. The van der Waals surface area contributed by atoms with E-state index in [4.69, 9.17) is 0 Å². The van der Waals surface area contributed by atoms with Crippen LogP contribution in [0.5, 0.6) is 0 Å². The molecule has 0 aliphatic heterocycles. The van der Waals surface area contributed by atoms with Crippen molar-refractivity contribution in [3.05, 3.63) is 81.0 Å². The van der Waals surface area contributed by atoms with Crippen molar-refractivity contribution in [2.24, 2.45) is 0 Å². The van der Waals surface area contributed by atoms with E-state index in [1.807, 2.05) is 62.4 Å². The van der Waals surface area contributed by atoms with Crippen LogP contribution in [0.15, 0.2) is 64.2 Å². The van der Waals surface area contributed by atoms with Crippen LogP contribution < -0.4 is 11.2 Å². The summed E-state index contributed by atoms with van der Waals surface area (Å²) in [5.41, 5.74) is 1.23. The van der Waals surface area contributed by atoms with Crippen molar-refractivity contribution in [2.45, 2.75) is 26.4 Å². The second-order valence-electron chi connectivity index (χ2n) is 5.64. The molecule has 0 aliphatic carbocycles. The van der Waals surface area contributed by atoms with Crippen LogP contribution in [0.4, 0.5) is 0 Å². The maximum Gasteiger partial charge on any atom is 0.332 e. The van der Waals surface area contributed by atoms with Gasteiger partial charge in [-0.2, -0.15) is 0 Å². The first-order chi connectivity index (χ1) is 10.6. The molecular weight excluding hydrogens is 276 g/mol. The second kappa shape index (κ2) is 5.64. The largest absolute Gasteiger partial charge is 0.332 e. The minimum atomic E-state index is -0.262. The Kier molecular flexibility index (Phi) is 3.67. The number of aromatic nitrogens is 2. The zero-order chi connectivity index (χ0) is 15.7. The van der Waals surface area contributed by atoms with Gasteiger partial charge in [0.2, 0.25) is 0 Å². The molecule has 0 bridgehead atoms. The highest BCUT2D eigenvalue weighted by molar-refractivity contribution is 5.77. The Labute approximate surface area is 128 Å². The predicted octanol–water partition coefficient (Wildman–Crippen LogP) is 2.79. The van der Waals surface area contributed by atoms with Gasteiger partial charge in [-0.15, -0.1) is 0 Å². The molecule has 2 aromatic carbocycles. The Morgan fingerprint density at radius 3 is 2.23 bits per heavy atom. The summed E-state index contributed by atoms with van der Waals surface area (Å²) in [6.45, 7) is 4.15. The van der Waals surface area contributed by atoms with E-state index < -0.39 is 0 Å². The third-order valence-corrected chi connectivity index (χ3v) is 3.78. The van der Waals surface area contributed by atoms with Crippen LogP contribution in [0.2, 0.25) is 0 Å². The van der Waals surface area contributed by atoms with Crippen LogP contribution in [0.25, 0.3) is 10.9 Å². The van der Waals surface area contributed by atoms with Crippen molar-refractivity contribution in [1.82, 2.24) is 9.13 Å². The monoisotopic (exact) mass is 294 g/mol. The number of benzene rings is 2. The first-order valence-corrected chi connectivity index (χ1v) is 7.37. The van der Waals surface area contributed by atoms with Crippen LogP contribution in [0, 0.1) is 0 Å². The van der Waals surface area contributed by atoms with Gasteiger partial charge in [-0.05, 0) is 31.5 Å². The highest BCUT2D eigenvalue weighted by Crippen LogP contribution is 2.11. The molecule has 112 valence electrons. The summed E-state index contributed by atoms with van der Waals surface area (Å²) in [7, 11) is 0. The average Bonchev–Trinajstić information content (AvgIpc) is 2.52. The average molecular weight is 294 g/mol. The van der Waals surface area contributed by atoms with Gasteiger partial charge in [0.1, 0.15) is 0 Å². The summed E-state index contributed by atoms with van der Waals surface area (Å²) in [6.07, 6.45) is 0. The second-order valence-corrected chi connectivity index (χ2v) is 5.64. The Balaban J connectivity index is 2.33. The smallest absolute Gasteiger partial charge is 0.289 e. The SMILES string of the molecule is CC(C)n1c(=O)c2ccccc2n(Cc2ccccc2)c1=O. The fraction of sp³-hybridized carbons (Fsp3) is 0.222. The summed E-state index contributed by atoms with van der Waals surface area (Å²) < 4.78 is 3.00. The molecule has 0 amide bonds. The zero-order valence-electron chi connectivity index (χ0n) is 12.7. The summed E-state index contributed by atoms with van der Waals surface area (Å²) in [4.78, 5) is 25.3. The molecule has 0 saturated carbocycles. The summed E-state index contributed by atoms with van der Waals surface area (Å²) >= 11 is 0. The molecule has 0 spiro atoms. The number of para-hydroxylation sites is 1. The first kappa shape index (κ1) is 14.3. The van der Waals surface area contributed by atoms with Crippen molar-refractivity contribution >= 4 is 10.9 Å². The van der Waals surface area contributed by atoms with Gasteiger partial charge in [-0.25, -0.2) is 4.79 Å². The molecule has 0 atom stereocenters. The van der Waals surface area contributed by atoms with Gasteiger partial charge >= 0.3 is 5.69 Å². The number of hydrogen-bond acceptors (Lipinski definition) is 2. The number of hydrogen-bond donors (Lipinski definition) is 0. The molecule has 3 aromatic rings. The fourth-order valence-corrected chi connectivity index (χ4v) is 2.71. The summed E-state index contributed by atoms with van der Waals surface area (Å²) in [6, 6.07) is 16.9. The van der Waals surface area contributed by atoms with E-state index in [1.54, 1.807) is 10.6 Å². The molecule has 0 unspecified atom stereocenters. The molecule has 0 N–H and O–H groups in total. The molecule has 3 rings (SSSR count). The summed E-state index contributed by atoms with van der Waals surface area (Å²) in [5.74, 6) is 0. The van der Waals surface area contributed by atoms with E-state index in [-0.39, 0.29) is 17.3 Å². The Hall–Kier alpha value is -2.62. The number of fused-ring (bicyclic) bond motifs is 1. The molecule has 0 fully saturated rings. The molecular formula is C18H18N2O2. The zero-order valence-corrected chi connectivity index (χ0v) is 12.7. The quantitative estimate of drug-likeness (QED) is 0.745. The third kappa shape index (κ3) is 2.37. The minimum Gasteiger partial charge on any atom is -0.289 e. The van der Waals surface area contributed by atoms with Gasteiger partial charge < -0.3 is 0 Å². The van der Waals surface area contributed by atoms with Crippen molar-refractivity contribution < 1.29 is 0 Å². The predicted molar refractivity (Wildman–Crippen MR) is 88.4 cm³/mol. The standard InChI is InChI=1S/C18H18N2O2/c1-13(2)20-17(21)15-10-6-7-11-16(15)19(18(20)22)12-14-8-4-3-5-9-14/h3-11,13H,12H2,1-2H3. The van der Waals surface area contributed by atoms with Crippen LogP contribution in [0.1, 0.15) is 25.5 Å². The van der Waals surface area contributed by atoms with Gasteiger partial charge in [0, 0.05) is 6.04 Å². The number of nitrogens with zero attached hydrogens (tertiary/aromatic N) is 2. The Morgan fingerprint density at radius 1 is 0.909 bits per heavy atom. The molecule has 22 heavy (non-hydrogen) atoms. The third-order valence-electron chi connectivity index (χ3n) is 3.78. The Bertz CT molecular complexity index is 921. The lowest BCUT2D eigenvalue weighted by Crippen LogP contribution is -2.41. The normalized spacial score (nSPS) is 11.2. The first-order valence-electron chi connectivity index (χ1n) is 7.37. The maximum absolute atomic E-state index is 12.8. The molecule has 0 saturated heterocycles. The highest BCUT2D eigenvalue weighted by Gasteiger charge is 2.14. The summed E-state index contributed by atoms with van der Waals surface area (Å²) in [5, 5.41) is 0.576. The topological polar surface area (TPSA) is 44.0 Å². The fourth-order valence-electron chi connectivity index (χ4n) is 2.71. The maximum atomic E-state index is 12.8. The van der Waals surface area contributed by atoms with Crippen LogP contribution in [-0.4, -0.2) is 9.13 Å². The molecule has 0 radical (unpaired) electrons. The van der Waals surface area contributed by atoms with E-state index in [9.17, 15) is 9.59 Å². The van der Waals surface area contributed by atoms with E-state index >= 15 is 0 Å². The molecule has 4 heteroatoms. The van der Waals surface area contributed by atoms with E-state index in [2.05, 4.69) is 0 Å². The van der Waals surface area contributed by atoms with Gasteiger partial charge in [0.25, 0.3) is 5.56 Å². The van der Waals surface area contributed by atoms with Gasteiger partial charge in [0.15, 0.2) is 0 Å². The van der Waals surface area contributed by atoms with E-state index in [1.165, 1.54) is 4.57 Å². The van der Waals surface area contributed by atoms with Crippen LogP contribution in [0.3, 0.4) is 0 Å². The number of rotatable bonds is 3. The lowest BCUT2D eigenvalue weighted by atomic mass is 10.2. The highest BCUT2D eigenvalue weighted by atomic mass is 16.2. The lowest BCUT2D eigenvalue weighted by molar-refractivity contribution is 0.524. The molecule has 1 heterocycles. The van der Waals surface area contributed by atoms with E-state index in [0.717, 1.165) is 5.56 Å². The van der Waals surface area contributed by atoms with Gasteiger partial charge in [0.05, 0.1) is 17.4 Å². The molecule has 0 aliphatic rings. The van der Waals surface area contributed by atoms with Crippen molar-refractivity contribution in [3.63, 3.8) is 0 Å². The van der Waals surface area contributed by atoms with Crippen molar-refractivity contribution in [1.29, 1.82) is 0 Å². The van der Waals surface area contributed by atoms with Crippen molar-refractivity contribution in [3.8, 4) is 0 Å². The van der Waals surface area contributed by atoms with Gasteiger partial charge in [-0.3, -0.25) is 13.9 Å². The molecule has 4 nitrogen and oxygen atoms in total.